The van der Waals surface area contributed by atoms with Gasteiger partial charge >= 0.3 is 18.0 Å². The lowest BCUT2D eigenvalue weighted by molar-refractivity contribution is -0.194. The van der Waals surface area contributed by atoms with Gasteiger partial charge in [-0.25, -0.2) is 19.2 Å². The number of carboxylic acid groups (broad SMARTS) is 1. The van der Waals surface area contributed by atoms with Crippen LogP contribution in [0.5, 0.6) is 0 Å². The number of piperidine rings is 1. The minimum atomic E-state index is -1.28. The van der Waals surface area contributed by atoms with Gasteiger partial charge in [0.25, 0.3) is 0 Å². The number of hydrogen-bond acceptors (Lipinski definition) is 9. The fraction of sp³-hybridized carbons (Fsp3) is 0.500. The smallest absolute Gasteiger partial charge is 0.410 e. The first-order valence-corrected chi connectivity index (χ1v) is 14.9. The molecule has 0 radical (unpaired) electrons. The standard InChI is InChI=1S/C30H36Cl2N4O7/c1-18-23(27(38)39)26(24-20(31)6-5-7-21(24)32)25(22(33-18)10-17-37)28(40)43-36-15-13-34(14-16-36)19-8-11-35(12-9-19)29(41)42-30(2,3)4/h5-7,10,19,26,33H,8-9,11-16H2,1-4H3,(H,38,39). The first-order valence-electron chi connectivity index (χ1n) is 14.1. The van der Waals surface area contributed by atoms with Gasteiger partial charge in [-0.05, 0) is 52.7 Å². The molecule has 43 heavy (non-hydrogen) atoms. The van der Waals surface area contributed by atoms with Crippen molar-refractivity contribution in [2.45, 2.75) is 58.1 Å². The molecule has 2 N–H and O–H groups in total. The lowest BCUT2D eigenvalue weighted by Gasteiger charge is -2.42. The fourth-order valence-electron chi connectivity index (χ4n) is 5.68. The van der Waals surface area contributed by atoms with Gasteiger partial charge in [0.1, 0.15) is 11.5 Å². The maximum absolute atomic E-state index is 13.7. The van der Waals surface area contributed by atoms with Crippen LogP contribution in [0.25, 0.3) is 0 Å². The number of rotatable bonds is 6. The molecule has 1 amide bonds. The second kappa shape index (κ2) is 13.5. The van der Waals surface area contributed by atoms with E-state index in [1.54, 1.807) is 29.0 Å². The Kier molecular flexibility index (Phi) is 10.2. The van der Waals surface area contributed by atoms with E-state index in [9.17, 15) is 24.3 Å². The SMILES string of the molecule is CC1=C(C(=O)O)C(c2c(Cl)cccc2Cl)C(C(=O)ON2CCN(C3CCN(C(=O)OC(C)(C)C)CC3)CC2)=C(C=C=O)N1. The summed E-state index contributed by atoms with van der Waals surface area (Å²) < 4.78 is 5.49. The second-order valence-corrected chi connectivity index (χ2v) is 12.5. The largest absolute Gasteiger partial charge is 0.478 e. The summed E-state index contributed by atoms with van der Waals surface area (Å²) in [5, 5.41) is 14.8. The van der Waals surface area contributed by atoms with Crippen molar-refractivity contribution in [1.29, 1.82) is 0 Å². The van der Waals surface area contributed by atoms with Gasteiger partial charge in [0, 0.05) is 72.7 Å². The van der Waals surface area contributed by atoms with Crippen LogP contribution in [0, 0.1) is 0 Å². The summed E-state index contributed by atoms with van der Waals surface area (Å²) in [7, 11) is 0. The Balaban J connectivity index is 1.46. The van der Waals surface area contributed by atoms with E-state index < -0.39 is 23.5 Å². The number of hydroxylamine groups is 2. The maximum Gasteiger partial charge on any atom is 0.410 e. The number of nitrogens with one attached hydrogen (secondary N) is 1. The van der Waals surface area contributed by atoms with Gasteiger partial charge in [-0.15, -0.1) is 5.06 Å². The number of amides is 1. The predicted octanol–water partition coefficient (Wildman–Crippen LogP) is 4.16. The Labute approximate surface area is 260 Å². The normalized spacial score (nSPS) is 20.8. The molecule has 0 aromatic heterocycles. The molecule has 13 heteroatoms. The van der Waals surface area contributed by atoms with E-state index >= 15 is 0 Å². The molecule has 1 atom stereocenters. The van der Waals surface area contributed by atoms with E-state index in [2.05, 4.69) is 10.2 Å². The van der Waals surface area contributed by atoms with Crippen LogP contribution in [0.4, 0.5) is 4.79 Å². The van der Waals surface area contributed by atoms with E-state index in [-0.39, 0.29) is 50.3 Å². The number of dihydropyridines is 1. The molecule has 2 saturated heterocycles. The zero-order chi connectivity index (χ0) is 31.5. The summed E-state index contributed by atoms with van der Waals surface area (Å²) in [6, 6.07) is 4.99. The van der Waals surface area contributed by atoms with Gasteiger partial charge in [-0.3, -0.25) is 4.90 Å². The fourth-order valence-corrected chi connectivity index (χ4v) is 6.29. The number of benzene rings is 1. The molecule has 3 aliphatic rings. The Bertz CT molecular complexity index is 1360. The molecule has 0 aliphatic carbocycles. The van der Waals surface area contributed by atoms with E-state index in [4.69, 9.17) is 32.8 Å². The van der Waals surface area contributed by atoms with Crippen molar-refractivity contribution < 1.29 is 33.9 Å². The van der Waals surface area contributed by atoms with Crippen molar-refractivity contribution in [3.63, 3.8) is 0 Å². The van der Waals surface area contributed by atoms with Crippen molar-refractivity contribution in [1.82, 2.24) is 20.2 Å². The monoisotopic (exact) mass is 634 g/mol. The van der Waals surface area contributed by atoms with Crippen molar-refractivity contribution in [3.8, 4) is 0 Å². The van der Waals surface area contributed by atoms with Crippen molar-refractivity contribution in [2.24, 2.45) is 0 Å². The second-order valence-electron chi connectivity index (χ2n) is 11.7. The van der Waals surface area contributed by atoms with Gasteiger partial charge in [0.15, 0.2) is 0 Å². The topological polar surface area (TPSA) is 129 Å². The van der Waals surface area contributed by atoms with Gasteiger partial charge in [-0.2, -0.15) is 0 Å². The Morgan fingerprint density at radius 3 is 2.16 bits per heavy atom. The van der Waals surface area contributed by atoms with Gasteiger partial charge in [-0.1, -0.05) is 29.3 Å². The Morgan fingerprint density at radius 2 is 1.63 bits per heavy atom. The number of ether oxygens (including phenoxy) is 1. The molecule has 1 aromatic rings. The van der Waals surface area contributed by atoms with Crippen molar-refractivity contribution >= 4 is 47.2 Å². The predicted molar refractivity (Wildman–Crippen MR) is 160 cm³/mol. The van der Waals surface area contributed by atoms with Crippen LogP contribution in [-0.2, 0) is 24.0 Å². The molecule has 232 valence electrons. The number of halogens is 2. The highest BCUT2D eigenvalue weighted by atomic mass is 35.5. The molecule has 2 fully saturated rings. The zero-order valence-corrected chi connectivity index (χ0v) is 26.1. The van der Waals surface area contributed by atoms with Crippen LogP contribution in [0.15, 0.2) is 46.8 Å². The van der Waals surface area contributed by atoms with Crippen LogP contribution in [-0.4, -0.2) is 94.9 Å². The first-order chi connectivity index (χ1) is 20.3. The maximum atomic E-state index is 13.7. The third-order valence-electron chi connectivity index (χ3n) is 7.65. The minimum Gasteiger partial charge on any atom is -0.478 e. The molecule has 0 spiro atoms. The van der Waals surface area contributed by atoms with Crippen LogP contribution >= 0.6 is 23.2 Å². The number of carboxylic acids is 1. The number of nitrogens with zero attached hydrogens (tertiary/aromatic N) is 3. The summed E-state index contributed by atoms with van der Waals surface area (Å²) in [6.07, 6.45) is 2.34. The molecule has 0 bridgehead atoms. The van der Waals surface area contributed by atoms with Crippen LogP contribution < -0.4 is 5.32 Å². The number of carbonyl (C=O) groups is 3. The highest BCUT2D eigenvalue weighted by molar-refractivity contribution is 6.36. The van der Waals surface area contributed by atoms with Gasteiger partial charge < -0.3 is 24.9 Å². The van der Waals surface area contributed by atoms with E-state index in [1.165, 1.54) is 12.0 Å². The molecule has 1 unspecified atom stereocenters. The quantitative estimate of drug-likeness (QED) is 0.440. The number of likely N-dealkylation sites (tertiary alicyclic amines) is 1. The van der Waals surface area contributed by atoms with Crippen LogP contribution in [0.2, 0.25) is 10.0 Å². The highest BCUT2D eigenvalue weighted by Crippen LogP contribution is 2.44. The van der Waals surface area contributed by atoms with Gasteiger partial charge in [0.2, 0.25) is 0 Å². The summed E-state index contributed by atoms with van der Waals surface area (Å²) in [6.45, 7) is 10.4. The molecule has 3 aliphatic heterocycles. The summed E-state index contributed by atoms with van der Waals surface area (Å²) in [4.78, 5) is 59.8. The van der Waals surface area contributed by atoms with Crippen LogP contribution in [0.1, 0.15) is 52.0 Å². The molecule has 0 saturated carbocycles. The average Bonchev–Trinajstić information content (AvgIpc) is 2.92. The molecule has 3 heterocycles. The van der Waals surface area contributed by atoms with Gasteiger partial charge in [0.05, 0.1) is 22.8 Å². The molecular formula is C30H36Cl2N4O7. The highest BCUT2D eigenvalue weighted by Gasteiger charge is 2.41. The Morgan fingerprint density at radius 1 is 1.02 bits per heavy atom. The first kappa shape index (κ1) is 32.6. The number of hydrogen-bond donors (Lipinski definition) is 2. The molecule has 11 nitrogen and oxygen atoms in total. The zero-order valence-electron chi connectivity index (χ0n) is 24.6. The summed E-state index contributed by atoms with van der Waals surface area (Å²) >= 11 is 13.0. The Hall–Kier alpha value is -3.34. The van der Waals surface area contributed by atoms with E-state index in [1.807, 2.05) is 20.8 Å². The van der Waals surface area contributed by atoms with E-state index in [0.717, 1.165) is 18.9 Å². The third-order valence-corrected chi connectivity index (χ3v) is 8.31. The molecule has 4 rings (SSSR count). The lowest BCUT2D eigenvalue weighted by atomic mass is 9.80. The van der Waals surface area contributed by atoms with E-state index in [0.29, 0.717) is 39.3 Å². The summed E-state index contributed by atoms with van der Waals surface area (Å²) in [5.74, 6) is -1.66. The molecule has 1 aromatic carbocycles. The van der Waals surface area contributed by atoms with Crippen LogP contribution in [0.3, 0.4) is 0 Å². The number of aliphatic carboxylic acids is 1. The van der Waals surface area contributed by atoms with Crippen molar-refractivity contribution in [2.75, 3.05) is 39.3 Å². The third kappa shape index (κ3) is 7.60. The lowest BCUT2D eigenvalue weighted by Crippen LogP contribution is -2.54. The number of allylic oxidation sites excluding steroid dienone is 2. The summed E-state index contributed by atoms with van der Waals surface area (Å²) in [5.41, 5.74) is -0.308. The number of carbonyl (C=O) groups excluding carboxylic acids is 3. The minimum absolute atomic E-state index is 0.0545. The molecular weight excluding hydrogens is 599 g/mol. The number of piperazine rings is 1. The average molecular weight is 636 g/mol. The van der Waals surface area contributed by atoms with Crippen molar-refractivity contribution in [3.05, 3.63) is 62.4 Å².